The van der Waals surface area contributed by atoms with E-state index < -0.39 is 0 Å². The van der Waals surface area contributed by atoms with Gasteiger partial charge in [0.2, 0.25) is 0 Å². The van der Waals surface area contributed by atoms with Crippen LogP contribution in [0.2, 0.25) is 0 Å². The summed E-state index contributed by atoms with van der Waals surface area (Å²) in [7, 11) is 2.00. The van der Waals surface area contributed by atoms with Gasteiger partial charge in [-0.15, -0.1) is 0 Å². The maximum absolute atomic E-state index is 5.68. The fourth-order valence-electron chi connectivity index (χ4n) is 1.57. The van der Waals surface area contributed by atoms with Crippen molar-refractivity contribution in [3.63, 3.8) is 0 Å². The number of rotatable bonds is 1. The first-order valence-corrected chi connectivity index (χ1v) is 4.67. The molecule has 0 bridgehead atoms. The highest BCUT2D eigenvalue weighted by Gasteiger charge is 2.17. The van der Waals surface area contributed by atoms with Gasteiger partial charge in [-0.05, 0) is 13.0 Å². The Morgan fingerprint density at radius 1 is 1.69 bits per heavy atom. The van der Waals surface area contributed by atoms with Gasteiger partial charge in [0.15, 0.2) is 0 Å². The average Bonchev–Trinajstić information content (AvgIpc) is 2.43. The summed E-state index contributed by atoms with van der Waals surface area (Å²) in [5, 5.41) is 3.33. The molecular formula is C9H15N3O. The molecular weight excluding hydrogens is 166 g/mol. The van der Waals surface area contributed by atoms with Crippen LogP contribution < -0.4 is 5.32 Å². The van der Waals surface area contributed by atoms with Gasteiger partial charge in [-0.2, -0.15) is 0 Å². The molecule has 0 radical (unpaired) electrons. The maximum atomic E-state index is 5.68. The lowest BCUT2D eigenvalue weighted by Gasteiger charge is -2.14. The van der Waals surface area contributed by atoms with Crippen molar-refractivity contribution in [3.8, 4) is 0 Å². The lowest BCUT2D eigenvalue weighted by Crippen LogP contribution is -2.22. The van der Waals surface area contributed by atoms with Crippen molar-refractivity contribution in [1.29, 1.82) is 0 Å². The van der Waals surface area contributed by atoms with Gasteiger partial charge in [-0.3, -0.25) is 0 Å². The highest BCUT2D eigenvalue weighted by atomic mass is 16.5. The van der Waals surface area contributed by atoms with Crippen LogP contribution in [-0.4, -0.2) is 29.2 Å². The zero-order valence-electron chi connectivity index (χ0n) is 7.86. The van der Waals surface area contributed by atoms with Crippen LogP contribution in [0, 0.1) is 0 Å². The first kappa shape index (κ1) is 8.72. The Kier molecular flexibility index (Phi) is 2.61. The molecule has 1 fully saturated rings. The Bertz CT molecular complexity index is 264. The lowest BCUT2D eigenvalue weighted by molar-refractivity contribution is 0.0588. The summed E-state index contributed by atoms with van der Waals surface area (Å²) in [5.74, 6) is 1.01. The highest BCUT2D eigenvalue weighted by Crippen LogP contribution is 2.15. The minimum atomic E-state index is 0.113. The zero-order valence-corrected chi connectivity index (χ0v) is 7.86. The van der Waals surface area contributed by atoms with E-state index >= 15 is 0 Å². The van der Waals surface area contributed by atoms with E-state index in [0.29, 0.717) is 0 Å². The van der Waals surface area contributed by atoms with Crippen LogP contribution in [0.25, 0.3) is 0 Å². The molecule has 1 aliphatic heterocycles. The summed E-state index contributed by atoms with van der Waals surface area (Å²) in [5.41, 5.74) is 0. The molecule has 0 saturated carbocycles. The van der Waals surface area contributed by atoms with E-state index in [4.69, 9.17) is 4.74 Å². The third kappa shape index (κ3) is 1.89. The monoisotopic (exact) mass is 181 g/mol. The molecule has 2 heterocycles. The van der Waals surface area contributed by atoms with Crippen molar-refractivity contribution in [1.82, 2.24) is 14.9 Å². The molecule has 1 aromatic rings. The normalized spacial score (nSPS) is 24.2. The minimum absolute atomic E-state index is 0.113. The van der Waals surface area contributed by atoms with E-state index in [1.165, 1.54) is 0 Å². The van der Waals surface area contributed by atoms with Gasteiger partial charge in [0.05, 0.1) is 0 Å². The largest absolute Gasteiger partial charge is 0.369 e. The molecule has 0 aliphatic carbocycles. The van der Waals surface area contributed by atoms with Gasteiger partial charge in [0.1, 0.15) is 11.9 Å². The van der Waals surface area contributed by atoms with Crippen LogP contribution >= 0.6 is 0 Å². The maximum Gasteiger partial charge on any atom is 0.138 e. The molecule has 1 saturated heterocycles. The van der Waals surface area contributed by atoms with Crippen molar-refractivity contribution >= 4 is 0 Å². The Balaban J connectivity index is 2.10. The summed E-state index contributed by atoms with van der Waals surface area (Å²) < 4.78 is 7.69. The summed E-state index contributed by atoms with van der Waals surface area (Å²) in [6.07, 6.45) is 4.95. The van der Waals surface area contributed by atoms with Gasteiger partial charge in [-0.25, -0.2) is 4.98 Å². The number of nitrogens with one attached hydrogen (secondary N) is 1. The molecule has 1 aromatic heterocycles. The molecule has 0 spiro atoms. The van der Waals surface area contributed by atoms with E-state index in [1.807, 2.05) is 24.0 Å². The second-order valence-corrected chi connectivity index (χ2v) is 3.31. The van der Waals surface area contributed by atoms with E-state index in [1.54, 1.807) is 0 Å². The van der Waals surface area contributed by atoms with Crippen molar-refractivity contribution < 1.29 is 4.74 Å². The minimum Gasteiger partial charge on any atom is -0.369 e. The predicted octanol–water partition coefficient (Wildman–Crippen LogP) is 0.471. The SMILES string of the molecule is Cn1ccnc1C1CNCCCO1. The highest BCUT2D eigenvalue weighted by molar-refractivity contribution is 4.97. The second-order valence-electron chi connectivity index (χ2n) is 3.31. The van der Waals surface area contributed by atoms with Crippen LogP contribution in [0.5, 0.6) is 0 Å². The van der Waals surface area contributed by atoms with Gasteiger partial charge >= 0.3 is 0 Å². The van der Waals surface area contributed by atoms with Crippen LogP contribution in [-0.2, 0) is 11.8 Å². The van der Waals surface area contributed by atoms with Crippen LogP contribution in [0.3, 0.4) is 0 Å². The van der Waals surface area contributed by atoms with Gasteiger partial charge in [-0.1, -0.05) is 0 Å². The number of hydrogen-bond donors (Lipinski definition) is 1. The van der Waals surface area contributed by atoms with Gasteiger partial charge in [0.25, 0.3) is 0 Å². The summed E-state index contributed by atoms with van der Waals surface area (Å²) >= 11 is 0. The summed E-state index contributed by atoms with van der Waals surface area (Å²) in [4.78, 5) is 4.28. The topological polar surface area (TPSA) is 39.1 Å². The Hall–Kier alpha value is -0.870. The first-order chi connectivity index (χ1) is 6.38. The van der Waals surface area contributed by atoms with Gasteiger partial charge < -0.3 is 14.6 Å². The Morgan fingerprint density at radius 2 is 2.62 bits per heavy atom. The molecule has 13 heavy (non-hydrogen) atoms. The average molecular weight is 181 g/mol. The van der Waals surface area contributed by atoms with E-state index in [0.717, 1.165) is 31.9 Å². The molecule has 4 nitrogen and oxygen atoms in total. The molecule has 1 atom stereocenters. The molecule has 0 amide bonds. The molecule has 2 rings (SSSR count). The number of aryl methyl sites for hydroxylation is 1. The molecule has 1 aliphatic rings. The van der Waals surface area contributed by atoms with Crippen molar-refractivity contribution in [2.75, 3.05) is 19.7 Å². The quantitative estimate of drug-likeness (QED) is 0.684. The second kappa shape index (κ2) is 3.89. The fraction of sp³-hybridized carbons (Fsp3) is 0.667. The van der Waals surface area contributed by atoms with Crippen LogP contribution in [0.4, 0.5) is 0 Å². The van der Waals surface area contributed by atoms with Crippen LogP contribution in [0.1, 0.15) is 18.3 Å². The molecule has 72 valence electrons. The molecule has 4 heteroatoms. The molecule has 0 aromatic carbocycles. The van der Waals surface area contributed by atoms with E-state index in [9.17, 15) is 0 Å². The predicted molar refractivity (Wildman–Crippen MR) is 49.4 cm³/mol. The third-order valence-electron chi connectivity index (χ3n) is 2.29. The van der Waals surface area contributed by atoms with Crippen molar-refractivity contribution in [2.24, 2.45) is 7.05 Å². The number of hydrogen-bond acceptors (Lipinski definition) is 3. The zero-order chi connectivity index (χ0) is 9.10. The Morgan fingerprint density at radius 3 is 3.38 bits per heavy atom. The summed E-state index contributed by atoms with van der Waals surface area (Å²) in [6.45, 7) is 2.73. The number of ether oxygens (including phenoxy) is 1. The first-order valence-electron chi connectivity index (χ1n) is 4.67. The molecule has 1 unspecified atom stereocenters. The number of aromatic nitrogens is 2. The van der Waals surface area contributed by atoms with E-state index in [2.05, 4.69) is 10.3 Å². The van der Waals surface area contributed by atoms with Crippen molar-refractivity contribution in [3.05, 3.63) is 18.2 Å². The summed E-state index contributed by atoms with van der Waals surface area (Å²) in [6, 6.07) is 0. The van der Waals surface area contributed by atoms with Crippen molar-refractivity contribution in [2.45, 2.75) is 12.5 Å². The Labute approximate surface area is 77.9 Å². The number of imidazole rings is 1. The third-order valence-corrected chi connectivity index (χ3v) is 2.29. The number of nitrogens with zero attached hydrogens (tertiary/aromatic N) is 2. The smallest absolute Gasteiger partial charge is 0.138 e. The fourth-order valence-corrected chi connectivity index (χ4v) is 1.57. The standard InChI is InChI=1S/C9H15N3O/c1-12-5-4-11-9(12)8-7-10-3-2-6-13-8/h4-5,8,10H,2-3,6-7H2,1H3. The molecule has 1 N–H and O–H groups in total. The lowest BCUT2D eigenvalue weighted by atomic mass is 10.3. The van der Waals surface area contributed by atoms with E-state index in [-0.39, 0.29) is 6.10 Å². The van der Waals surface area contributed by atoms with Crippen LogP contribution in [0.15, 0.2) is 12.4 Å². The van der Waals surface area contributed by atoms with Gasteiger partial charge in [0, 0.05) is 32.6 Å².